The van der Waals surface area contributed by atoms with Crippen LogP contribution in [0.3, 0.4) is 0 Å². The van der Waals surface area contributed by atoms with Gasteiger partial charge in [-0.1, -0.05) is 20.8 Å². The van der Waals surface area contributed by atoms with Crippen LogP contribution < -0.4 is 10.6 Å². The summed E-state index contributed by atoms with van der Waals surface area (Å²) < 4.78 is 17.2. The number of aromatic nitrogens is 2. The number of fused-ring (bicyclic) bond motifs is 1. The predicted octanol–water partition coefficient (Wildman–Crippen LogP) is 1.85. The molecule has 2 aliphatic heterocycles. The number of carbonyl (C=O) groups is 1. The minimum absolute atomic E-state index is 0.00811. The molecule has 2 aliphatic rings. The smallest absolute Gasteiger partial charge is 0.225 e. The minimum Gasteiger partial charge on any atom is -0.463 e. The van der Waals surface area contributed by atoms with Gasteiger partial charge in [-0.05, 0) is 18.2 Å². The SMILES string of the molecule is CC(C)(C)C(=O)NC1COC2C(Nc3nccc(-c4ccco4)n3)COC12. The fourth-order valence-corrected chi connectivity index (χ4v) is 3.29. The topological polar surface area (TPSA) is 98.5 Å². The van der Waals surface area contributed by atoms with Crippen LogP contribution in [0.5, 0.6) is 0 Å². The van der Waals surface area contributed by atoms with E-state index in [4.69, 9.17) is 13.9 Å². The quantitative estimate of drug-likeness (QED) is 0.845. The highest BCUT2D eigenvalue weighted by atomic mass is 16.6. The zero-order valence-corrected chi connectivity index (χ0v) is 15.6. The first-order chi connectivity index (χ1) is 12.9. The standard InChI is InChI=1S/C19H24N4O4/c1-19(2,3)17(24)21-12-9-26-16-13(10-27-15(12)16)23-18-20-7-6-11(22-18)14-5-4-8-25-14/h4-8,12-13,15-16H,9-10H2,1-3H3,(H,21,24)(H,20,22,23). The number of nitrogens with one attached hydrogen (secondary N) is 2. The number of hydrogen-bond donors (Lipinski definition) is 2. The Labute approximate surface area is 157 Å². The number of carbonyl (C=O) groups excluding carboxylic acids is 1. The number of furan rings is 1. The van der Waals surface area contributed by atoms with Gasteiger partial charge in [0.25, 0.3) is 0 Å². The Morgan fingerprint density at radius 2 is 1.89 bits per heavy atom. The Balaban J connectivity index is 1.41. The van der Waals surface area contributed by atoms with E-state index in [1.165, 1.54) is 0 Å². The first-order valence-corrected chi connectivity index (χ1v) is 9.09. The van der Waals surface area contributed by atoms with E-state index in [9.17, 15) is 4.79 Å². The van der Waals surface area contributed by atoms with Crippen LogP contribution in [-0.2, 0) is 14.3 Å². The maximum absolute atomic E-state index is 12.3. The molecule has 2 aromatic rings. The van der Waals surface area contributed by atoms with Crippen LogP contribution in [0.1, 0.15) is 20.8 Å². The maximum Gasteiger partial charge on any atom is 0.225 e. The average molecular weight is 372 g/mol. The van der Waals surface area contributed by atoms with Crippen molar-refractivity contribution in [2.24, 2.45) is 5.41 Å². The van der Waals surface area contributed by atoms with Crippen molar-refractivity contribution in [2.45, 2.75) is 45.1 Å². The molecule has 1 amide bonds. The summed E-state index contributed by atoms with van der Waals surface area (Å²) in [6, 6.07) is 5.23. The van der Waals surface area contributed by atoms with Gasteiger partial charge < -0.3 is 24.5 Å². The molecule has 2 saturated heterocycles. The van der Waals surface area contributed by atoms with E-state index < -0.39 is 5.41 Å². The summed E-state index contributed by atoms with van der Waals surface area (Å²) >= 11 is 0. The normalized spacial score (nSPS) is 27.4. The van der Waals surface area contributed by atoms with Gasteiger partial charge in [-0.3, -0.25) is 4.79 Å². The molecule has 0 radical (unpaired) electrons. The Kier molecular flexibility index (Phi) is 4.61. The summed E-state index contributed by atoms with van der Waals surface area (Å²) in [6.07, 6.45) is 2.95. The molecular weight excluding hydrogens is 348 g/mol. The molecule has 0 aromatic carbocycles. The van der Waals surface area contributed by atoms with Crippen molar-refractivity contribution in [1.29, 1.82) is 0 Å². The number of hydrogen-bond acceptors (Lipinski definition) is 7. The van der Waals surface area contributed by atoms with Gasteiger partial charge in [0.05, 0.1) is 31.6 Å². The molecule has 4 atom stereocenters. The van der Waals surface area contributed by atoms with E-state index in [-0.39, 0.29) is 30.2 Å². The highest BCUT2D eigenvalue weighted by molar-refractivity contribution is 5.81. The summed E-state index contributed by atoms with van der Waals surface area (Å²) in [5.41, 5.74) is 0.254. The van der Waals surface area contributed by atoms with Crippen LogP contribution >= 0.6 is 0 Å². The van der Waals surface area contributed by atoms with Crippen LogP contribution in [0.25, 0.3) is 11.5 Å². The van der Waals surface area contributed by atoms with E-state index >= 15 is 0 Å². The number of nitrogens with zero attached hydrogens (tertiary/aromatic N) is 2. The zero-order chi connectivity index (χ0) is 19.0. The van der Waals surface area contributed by atoms with Gasteiger partial charge in [-0.25, -0.2) is 9.97 Å². The molecule has 2 N–H and O–H groups in total. The van der Waals surface area contributed by atoms with Crippen LogP contribution in [0.2, 0.25) is 0 Å². The number of ether oxygens (including phenoxy) is 2. The van der Waals surface area contributed by atoms with Crippen molar-refractivity contribution in [2.75, 3.05) is 18.5 Å². The molecular formula is C19H24N4O4. The largest absolute Gasteiger partial charge is 0.463 e. The molecule has 0 aliphatic carbocycles. The summed E-state index contributed by atoms with van der Waals surface area (Å²) in [5.74, 6) is 1.17. The third kappa shape index (κ3) is 3.68. The fourth-order valence-electron chi connectivity index (χ4n) is 3.29. The van der Waals surface area contributed by atoms with Crippen LogP contribution in [0.4, 0.5) is 5.95 Å². The number of amides is 1. The Morgan fingerprint density at radius 3 is 2.59 bits per heavy atom. The molecule has 2 aromatic heterocycles. The third-order valence-electron chi connectivity index (χ3n) is 4.79. The first-order valence-electron chi connectivity index (χ1n) is 9.09. The summed E-state index contributed by atoms with van der Waals surface area (Å²) in [6.45, 7) is 6.56. The molecule has 8 nitrogen and oxygen atoms in total. The van der Waals surface area contributed by atoms with Crippen molar-refractivity contribution in [1.82, 2.24) is 15.3 Å². The second-order valence-electron chi connectivity index (χ2n) is 7.92. The average Bonchev–Trinajstić information content (AvgIpc) is 3.35. The molecule has 0 saturated carbocycles. The first kappa shape index (κ1) is 17.9. The molecule has 4 heterocycles. The third-order valence-corrected chi connectivity index (χ3v) is 4.79. The maximum atomic E-state index is 12.3. The highest BCUT2D eigenvalue weighted by Gasteiger charge is 2.48. The Morgan fingerprint density at radius 1 is 1.15 bits per heavy atom. The van der Waals surface area contributed by atoms with Gasteiger partial charge in [0.2, 0.25) is 11.9 Å². The van der Waals surface area contributed by atoms with Crippen LogP contribution in [0.15, 0.2) is 35.1 Å². The van der Waals surface area contributed by atoms with E-state index in [1.54, 1.807) is 18.5 Å². The molecule has 8 heteroatoms. The zero-order valence-electron chi connectivity index (χ0n) is 15.6. The van der Waals surface area contributed by atoms with Crippen molar-refractivity contribution in [3.8, 4) is 11.5 Å². The lowest BCUT2D eigenvalue weighted by Crippen LogP contribution is -2.48. The van der Waals surface area contributed by atoms with Crippen LogP contribution in [-0.4, -0.2) is 53.4 Å². The van der Waals surface area contributed by atoms with Gasteiger partial charge in [0, 0.05) is 11.6 Å². The molecule has 4 rings (SSSR count). The molecule has 0 spiro atoms. The van der Waals surface area contributed by atoms with Crippen molar-refractivity contribution in [3.05, 3.63) is 30.7 Å². The minimum atomic E-state index is -0.450. The molecule has 27 heavy (non-hydrogen) atoms. The number of rotatable bonds is 4. The Hall–Kier alpha value is -2.45. The highest BCUT2D eigenvalue weighted by Crippen LogP contribution is 2.29. The lowest BCUT2D eigenvalue weighted by atomic mass is 9.94. The lowest BCUT2D eigenvalue weighted by molar-refractivity contribution is -0.129. The lowest BCUT2D eigenvalue weighted by Gasteiger charge is -2.23. The molecule has 144 valence electrons. The number of anilines is 1. The van der Waals surface area contributed by atoms with Gasteiger partial charge >= 0.3 is 0 Å². The van der Waals surface area contributed by atoms with E-state index in [0.29, 0.717) is 30.6 Å². The van der Waals surface area contributed by atoms with Crippen molar-refractivity contribution >= 4 is 11.9 Å². The van der Waals surface area contributed by atoms with Gasteiger partial charge in [-0.15, -0.1) is 0 Å². The predicted molar refractivity (Wildman–Crippen MR) is 98.0 cm³/mol. The second kappa shape index (κ2) is 6.94. The fraction of sp³-hybridized carbons (Fsp3) is 0.526. The monoisotopic (exact) mass is 372 g/mol. The molecule has 0 bridgehead atoms. The summed E-state index contributed by atoms with van der Waals surface area (Å²) in [4.78, 5) is 21.0. The van der Waals surface area contributed by atoms with E-state index in [0.717, 1.165) is 0 Å². The molecule has 4 unspecified atom stereocenters. The van der Waals surface area contributed by atoms with Crippen LogP contribution in [0, 0.1) is 5.41 Å². The van der Waals surface area contributed by atoms with Crippen molar-refractivity contribution in [3.63, 3.8) is 0 Å². The second-order valence-corrected chi connectivity index (χ2v) is 7.92. The van der Waals surface area contributed by atoms with Gasteiger partial charge in [-0.2, -0.15) is 0 Å². The van der Waals surface area contributed by atoms with Gasteiger partial charge in [0.1, 0.15) is 17.9 Å². The summed E-state index contributed by atoms with van der Waals surface area (Å²) in [7, 11) is 0. The van der Waals surface area contributed by atoms with E-state index in [1.807, 2.05) is 32.9 Å². The summed E-state index contributed by atoms with van der Waals surface area (Å²) in [5, 5.41) is 6.33. The molecule has 2 fully saturated rings. The van der Waals surface area contributed by atoms with E-state index in [2.05, 4.69) is 20.6 Å². The van der Waals surface area contributed by atoms with Gasteiger partial charge in [0.15, 0.2) is 5.76 Å². The Bertz CT molecular complexity index is 802. The van der Waals surface area contributed by atoms with Crippen molar-refractivity contribution < 1.29 is 18.7 Å².